The topological polar surface area (TPSA) is 29.5 Å². The van der Waals surface area contributed by atoms with E-state index in [4.69, 9.17) is 4.74 Å². The average molecular weight is 279 g/mol. The van der Waals surface area contributed by atoms with Crippen LogP contribution >= 0.6 is 0 Å². The van der Waals surface area contributed by atoms with Crippen molar-refractivity contribution in [3.63, 3.8) is 0 Å². The first-order valence-corrected chi connectivity index (χ1v) is 8.59. The number of rotatable bonds is 3. The van der Waals surface area contributed by atoms with Crippen LogP contribution in [0.2, 0.25) is 0 Å². The second-order valence-electron chi connectivity index (χ2n) is 7.31. The van der Waals surface area contributed by atoms with Crippen LogP contribution in [0.4, 0.5) is 0 Å². The van der Waals surface area contributed by atoms with Gasteiger partial charge in [0.25, 0.3) is 0 Å². The minimum Gasteiger partial charge on any atom is -0.462 e. The van der Waals surface area contributed by atoms with Crippen LogP contribution in [0.3, 0.4) is 0 Å². The molecule has 3 aliphatic rings. The molecule has 3 heteroatoms. The Bertz CT molecular complexity index is 357. The molecule has 0 aromatic carbocycles. The van der Waals surface area contributed by atoms with Gasteiger partial charge in [0, 0.05) is 6.04 Å². The van der Waals surface area contributed by atoms with E-state index < -0.39 is 0 Å². The van der Waals surface area contributed by atoms with Gasteiger partial charge >= 0.3 is 5.97 Å². The van der Waals surface area contributed by atoms with E-state index in [0.29, 0.717) is 5.92 Å². The Morgan fingerprint density at radius 1 is 1.25 bits per heavy atom. The molecule has 0 amide bonds. The summed E-state index contributed by atoms with van der Waals surface area (Å²) in [7, 11) is 0. The Labute approximate surface area is 123 Å². The molecule has 0 bridgehead atoms. The van der Waals surface area contributed by atoms with Crippen molar-refractivity contribution in [1.82, 2.24) is 4.90 Å². The number of fused-ring (bicyclic) bond motifs is 1. The Balaban J connectivity index is 1.60. The number of carbonyl (C=O) groups excluding carboxylic acids is 1. The molecule has 0 aromatic heterocycles. The van der Waals surface area contributed by atoms with E-state index in [1.807, 2.05) is 6.92 Å². The van der Waals surface area contributed by atoms with Crippen molar-refractivity contribution in [2.75, 3.05) is 13.1 Å². The van der Waals surface area contributed by atoms with Crippen LogP contribution in [-0.2, 0) is 9.53 Å². The van der Waals surface area contributed by atoms with Crippen molar-refractivity contribution >= 4 is 5.97 Å². The molecule has 0 unspecified atom stereocenters. The van der Waals surface area contributed by atoms with Crippen LogP contribution < -0.4 is 0 Å². The molecule has 3 aliphatic heterocycles. The minimum atomic E-state index is 0.0190. The quantitative estimate of drug-likeness (QED) is 0.743. The van der Waals surface area contributed by atoms with Crippen LogP contribution in [0.25, 0.3) is 0 Å². The van der Waals surface area contributed by atoms with Gasteiger partial charge in [0.1, 0.15) is 6.10 Å². The lowest BCUT2D eigenvalue weighted by Gasteiger charge is -2.33. The molecular weight excluding hydrogens is 250 g/mol. The first-order chi connectivity index (χ1) is 9.65. The number of esters is 1. The van der Waals surface area contributed by atoms with Gasteiger partial charge in [0.05, 0.1) is 5.92 Å². The Morgan fingerprint density at radius 2 is 2.05 bits per heavy atom. The third-order valence-electron chi connectivity index (χ3n) is 5.81. The van der Waals surface area contributed by atoms with Gasteiger partial charge in [-0.25, -0.2) is 0 Å². The van der Waals surface area contributed by atoms with Gasteiger partial charge in [0.15, 0.2) is 0 Å². The molecule has 3 saturated heterocycles. The molecule has 3 rings (SSSR count). The lowest BCUT2D eigenvalue weighted by Crippen LogP contribution is -2.37. The molecule has 0 spiro atoms. The van der Waals surface area contributed by atoms with Crippen LogP contribution in [0, 0.1) is 17.8 Å². The highest BCUT2D eigenvalue weighted by Crippen LogP contribution is 2.38. The zero-order valence-corrected chi connectivity index (χ0v) is 13.0. The van der Waals surface area contributed by atoms with Crippen molar-refractivity contribution in [2.24, 2.45) is 17.8 Å². The zero-order chi connectivity index (χ0) is 14.1. The van der Waals surface area contributed by atoms with Crippen molar-refractivity contribution in [2.45, 2.75) is 70.9 Å². The first-order valence-electron chi connectivity index (χ1n) is 8.59. The number of hydrogen-bond acceptors (Lipinski definition) is 3. The maximum Gasteiger partial charge on any atom is 0.309 e. The Hall–Kier alpha value is -0.570. The molecular formula is C17H29NO2. The van der Waals surface area contributed by atoms with Gasteiger partial charge in [-0.1, -0.05) is 20.3 Å². The lowest BCUT2D eigenvalue weighted by atomic mass is 9.79. The summed E-state index contributed by atoms with van der Waals surface area (Å²) >= 11 is 0. The number of carbonyl (C=O) groups is 1. The molecule has 3 nitrogen and oxygen atoms in total. The fraction of sp³-hybridized carbons (Fsp3) is 0.941. The summed E-state index contributed by atoms with van der Waals surface area (Å²) in [5, 5.41) is 0. The average Bonchev–Trinajstić information content (AvgIpc) is 2.92. The SMILES string of the molecule is C[C@@H]1C[C@H](C[C@@H](C)[C@H]2CCCCN3CCC[C@@H]23)OC1=O. The summed E-state index contributed by atoms with van der Waals surface area (Å²) in [6, 6.07) is 0.807. The fourth-order valence-corrected chi connectivity index (χ4v) is 4.72. The highest BCUT2D eigenvalue weighted by atomic mass is 16.5. The van der Waals surface area contributed by atoms with Crippen molar-refractivity contribution < 1.29 is 9.53 Å². The van der Waals surface area contributed by atoms with Gasteiger partial charge in [-0.05, 0) is 63.5 Å². The molecule has 0 saturated carbocycles. The Kier molecular flexibility index (Phi) is 4.34. The van der Waals surface area contributed by atoms with Crippen LogP contribution in [0.15, 0.2) is 0 Å². The molecule has 3 fully saturated rings. The summed E-state index contributed by atoms with van der Waals surface area (Å²) < 4.78 is 5.53. The maximum absolute atomic E-state index is 11.5. The van der Waals surface area contributed by atoms with Crippen molar-refractivity contribution in [3.8, 4) is 0 Å². The third kappa shape index (κ3) is 2.88. The van der Waals surface area contributed by atoms with E-state index in [-0.39, 0.29) is 18.0 Å². The highest BCUT2D eigenvalue weighted by molar-refractivity contribution is 5.74. The fourth-order valence-electron chi connectivity index (χ4n) is 4.72. The minimum absolute atomic E-state index is 0.0190. The van der Waals surface area contributed by atoms with Crippen LogP contribution in [-0.4, -0.2) is 36.1 Å². The molecule has 114 valence electrons. The third-order valence-corrected chi connectivity index (χ3v) is 5.81. The van der Waals surface area contributed by atoms with Gasteiger partial charge in [0.2, 0.25) is 0 Å². The van der Waals surface area contributed by atoms with E-state index in [1.165, 1.54) is 45.2 Å². The molecule has 5 atom stereocenters. The smallest absolute Gasteiger partial charge is 0.309 e. The van der Waals surface area contributed by atoms with Gasteiger partial charge in [-0.2, -0.15) is 0 Å². The second kappa shape index (κ2) is 6.05. The molecule has 0 aromatic rings. The summed E-state index contributed by atoms with van der Waals surface area (Å²) in [4.78, 5) is 14.3. The standard InChI is InChI=1S/C17H29NO2/c1-12(10-14-11-13(2)17(19)20-14)15-6-3-4-8-18-9-5-7-16(15)18/h12-16H,3-11H2,1-2H3/t12-,13-,14+,15-,16+/m1/s1. The first kappa shape index (κ1) is 14.4. The van der Waals surface area contributed by atoms with E-state index in [0.717, 1.165) is 24.8 Å². The largest absolute Gasteiger partial charge is 0.462 e. The highest BCUT2D eigenvalue weighted by Gasteiger charge is 2.38. The second-order valence-corrected chi connectivity index (χ2v) is 7.31. The maximum atomic E-state index is 11.5. The Morgan fingerprint density at radius 3 is 2.80 bits per heavy atom. The zero-order valence-electron chi connectivity index (χ0n) is 13.0. The van der Waals surface area contributed by atoms with Crippen LogP contribution in [0.5, 0.6) is 0 Å². The normalized spacial score (nSPS) is 40.2. The van der Waals surface area contributed by atoms with Gasteiger partial charge in [-0.15, -0.1) is 0 Å². The summed E-state index contributed by atoms with van der Waals surface area (Å²) in [5.74, 6) is 1.63. The number of cyclic esters (lactones) is 1. The van der Waals surface area contributed by atoms with Crippen molar-refractivity contribution in [1.29, 1.82) is 0 Å². The number of nitrogens with zero attached hydrogens (tertiary/aromatic N) is 1. The predicted octanol–water partition coefficient (Wildman–Crippen LogP) is 3.23. The van der Waals surface area contributed by atoms with Crippen LogP contribution in [0.1, 0.15) is 58.8 Å². The summed E-state index contributed by atoms with van der Waals surface area (Å²) in [6.45, 7) is 7.01. The van der Waals surface area contributed by atoms with Crippen molar-refractivity contribution in [3.05, 3.63) is 0 Å². The van der Waals surface area contributed by atoms with E-state index >= 15 is 0 Å². The molecule has 20 heavy (non-hydrogen) atoms. The lowest BCUT2D eigenvalue weighted by molar-refractivity contribution is -0.144. The molecule has 0 radical (unpaired) electrons. The molecule has 0 N–H and O–H groups in total. The molecule has 3 heterocycles. The monoisotopic (exact) mass is 279 g/mol. The van der Waals surface area contributed by atoms with E-state index in [1.54, 1.807) is 0 Å². The number of ether oxygens (including phenoxy) is 1. The van der Waals surface area contributed by atoms with Gasteiger partial charge in [-0.3, -0.25) is 4.79 Å². The van der Waals surface area contributed by atoms with E-state index in [2.05, 4.69) is 11.8 Å². The number of hydrogen-bond donors (Lipinski definition) is 0. The molecule has 0 aliphatic carbocycles. The predicted molar refractivity (Wildman–Crippen MR) is 79.4 cm³/mol. The summed E-state index contributed by atoms with van der Waals surface area (Å²) in [5.41, 5.74) is 0. The summed E-state index contributed by atoms with van der Waals surface area (Å²) in [6.07, 6.45) is 9.08. The van der Waals surface area contributed by atoms with Gasteiger partial charge < -0.3 is 9.64 Å². The van der Waals surface area contributed by atoms with E-state index in [9.17, 15) is 4.79 Å².